The highest BCUT2D eigenvalue weighted by Crippen LogP contribution is 2.24. The summed E-state index contributed by atoms with van der Waals surface area (Å²) in [5, 5.41) is 7.09. The molecule has 0 bridgehead atoms. The number of hydrogen-bond donors (Lipinski definition) is 1. The quantitative estimate of drug-likeness (QED) is 0.406. The molecule has 5 aromatic rings. The lowest BCUT2D eigenvalue weighted by Crippen LogP contribution is -2.22. The highest BCUT2D eigenvalue weighted by Gasteiger charge is 2.19. The zero-order valence-corrected chi connectivity index (χ0v) is 18.9. The van der Waals surface area contributed by atoms with E-state index >= 15 is 0 Å². The van der Waals surface area contributed by atoms with Crippen molar-refractivity contribution in [1.29, 1.82) is 0 Å². The monoisotopic (exact) mass is 469 g/mol. The maximum absolute atomic E-state index is 13.3. The molecule has 0 aliphatic heterocycles. The average molecular weight is 469 g/mol. The number of fused-ring (bicyclic) bond motifs is 1. The first-order valence-corrected chi connectivity index (χ1v) is 10.9. The van der Waals surface area contributed by atoms with Crippen LogP contribution in [0.25, 0.3) is 33.9 Å². The van der Waals surface area contributed by atoms with Crippen LogP contribution in [0.2, 0.25) is 0 Å². The summed E-state index contributed by atoms with van der Waals surface area (Å²) in [6.45, 7) is 3.59. The number of benzene rings is 2. The number of nitrogens with zero attached hydrogens (tertiary/aromatic N) is 4. The number of rotatable bonds is 5. The number of amides is 1. The van der Waals surface area contributed by atoms with E-state index in [0.717, 1.165) is 11.1 Å². The Morgan fingerprint density at radius 3 is 2.54 bits per heavy atom. The number of aryl methyl sites for hydroxylation is 2. The van der Waals surface area contributed by atoms with E-state index in [2.05, 4.69) is 20.4 Å². The van der Waals surface area contributed by atoms with Gasteiger partial charge in [-0.2, -0.15) is 4.98 Å². The van der Waals surface area contributed by atoms with Crippen LogP contribution in [-0.2, 0) is 11.3 Å². The van der Waals surface area contributed by atoms with Gasteiger partial charge in [0.2, 0.25) is 17.2 Å². The minimum Gasteiger partial charge on any atom is -0.333 e. The molecule has 0 saturated heterocycles. The van der Waals surface area contributed by atoms with Crippen LogP contribution in [0.5, 0.6) is 0 Å². The summed E-state index contributed by atoms with van der Waals surface area (Å²) in [4.78, 5) is 35.0. The number of carbonyl (C=O) groups excluding carboxylic acids is 1. The number of carbonyl (C=O) groups is 1. The summed E-state index contributed by atoms with van der Waals surface area (Å²) in [5.74, 6) is -0.367. The van der Waals surface area contributed by atoms with Crippen molar-refractivity contribution >= 4 is 22.6 Å². The summed E-state index contributed by atoms with van der Waals surface area (Å²) in [6, 6.07) is 16.4. The number of pyridine rings is 2. The SMILES string of the molecule is Cc1ccc2c(=O)c(-c3nc(-c4ccccc4C)no3)cn(CC(=O)Nc3ccc(F)cc3)c2n1. The summed E-state index contributed by atoms with van der Waals surface area (Å²) >= 11 is 0. The molecule has 0 aliphatic rings. The lowest BCUT2D eigenvalue weighted by molar-refractivity contribution is -0.116. The van der Waals surface area contributed by atoms with Gasteiger partial charge in [0, 0.05) is 23.1 Å². The molecule has 1 N–H and O–H groups in total. The predicted molar refractivity (Wildman–Crippen MR) is 129 cm³/mol. The number of halogens is 1. The smallest absolute Gasteiger partial charge is 0.263 e. The summed E-state index contributed by atoms with van der Waals surface area (Å²) < 4.78 is 20.2. The molecule has 3 heterocycles. The van der Waals surface area contributed by atoms with Crippen molar-refractivity contribution in [2.75, 3.05) is 5.32 Å². The van der Waals surface area contributed by atoms with E-state index in [0.29, 0.717) is 28.2 Å². The van der Waals surface area contributed by atoms with Gasteiger partial charge < -0.3 is 14.4 Å². The number of hydrogen-bond acceptors (Lipinski definition) is 6. The second-order valence-corrected chi connectivity index (χ2v) is 8.12. The van der Waals surface area contributed by atoms with Gasteiger partial charge in [-0.15, -0.1) is 0 Å². The Labute approximate surface area is 199 Å². The lowest BCUT2D eigenvalue weighted by atomic mass is 10.1. The van der Waals surface area contributed by atoms with Gasteiger partial charge in [-0.25, -0.2) is 9.37 Å². The van der Waals surface area contributed by atoms with Crippen LogP contribution in [0.4, 0.5) is 10.1 Å². The molecule has 0 radical (unpaired) electrons. The van der Waals surface area contributed by atoms with Gasteiger partial charge in [0.25, 0.3) is 5.89 Å². The Morgan fingerprint density at radius 1 is 1.00 bits per heavy atom. The second-order valence-electron chi connectivity index (χ2n) is 8.12. The molecular formula is C26H20FN5O3. The topological polar surface area (TPSA) is 103 Å². The Balaban J connectivity index is 1.56. The maximum atomic E-state index is 13.3. The number of aromatic nitrogens is 4. The highest BCUT2D eigenvalue weighted by molar-refractivity contribution is 5.91. The van der Waals surface area contributed by atoms with Gasteiger partial charge >= 0.3 is 0 Å². The van der Waals surface area contributed by atoms with E-state index in [4.69, 9.17) is 4.52 Å². The highest BCUT2D eigenvalue weighted by atomic mass is 19.1. The van der Waals surface area contributed by atoms with Gasteiger partial charge in [0.1, 0.15) is 23.6 Å². The van der Waals surface area contributed by atoms with Crippen molar-refractivity contribution in [2.24, 2.45) is 0 Å². The molecule has 0 atom stereocenters. The van der Waals surface area contributed by atoms with Gasteiger partial charge in [-0.1, -0.05) is 29.4 Å². The molecule has 8 nitrogen and oxygen atoms in total. The normalized spacial score (nSPS) is 11.1. The Morgan fingerprint density at radius 2 is 1.77 bits per heavy atom. The maximum Gasteiger partial charge on any atom is 0.263 e. The summed E-state index contributed by atoms with van der Waals surface area (Å²) in [7, 11) is 0. The molecule has 9 heteroatoms. The van der Waals surface area contributed by atoms with Crippen LogP contribution < -0.4 is 10.7 Å². The van der Waals surface area contributed by atoms with Crippen molar-refractivity contribution in [3.05, 3.63) is 94.2 Å². The third kappa shape index (κ3) is 4.43. The van der Waals surface area contributed by atoms with E-state index < -0.39 is 5.82 Å². The molecule has 35 heavy (non-hydrogen) atoms. The third-order valence-corrected chi connectivity index (χ3v) is 5.54. The lowest BCUT2D eigenvalue weighted by Gasteiger charge is -2.12. The molecule has 0 unspecified atom stereocenters. The van der Waals surface area contributed by atoms with Gasteiger partial charge in [-0.3, -0.25) is 9.59 Å². The van der Waals surface area contributed by atoms with Crippen molar-refractivity contribution in [3.63, 3.8) is 0 Å². The van der Waals surface area contributed by atoms with Crippen LogP contribution in [0, 0.1) is 19.7 Å². The Hall–Kier alpha value is -4.66. The molecule has 3 aromatic heterocycles. The molecule has 174 valence electrons. The third-order valence-electron chi connectivity index (χ3n) is 5.54. The van der Waals surface area contributed by atoms with Crippen molar-refractivity contribution in [3.8, 4) is 22.8 Å². The molecule has 2 aromatic carbocycles. The van der Waals surface area contributed by atoms with E-state index in [1.54, 1.807) is 23.6 Å². The Kier molecular flexibility index (Phi) is 5.66. The van der Waals surface area contributed by atoms with E-state index in [-0.39, 0.29) is 29.3 Å². The van der Waals surface area contributed by atoms with E-state index in [1.807, 2.05) is 31.2 Å². The first kappa shape index (κ1) is 22.1. The zero-order chi connectivity index (χ0) is 24.5. The fraction of sp³-hybridized carbons (Fsp3) is 0.115. The fourth-order valence-corrected chi connectivity index (χ4v) is 3.79. The van der Waals surface area contributed by atoms with E-state index in [9.17, 15) is 14.0 Å². The van der Waals surface area contributed by atoms with Crippen LogP contribution >= 0.6 is 0 Å². The molecule has 5 rings (SSSR count). The van der Waals surface area contributed by atoms with Crippen molar-refractivity contribution in [1.82, 2.24) is 19.7 Å². The second kappa shape index (κ2) is 8.94. The van der Waals surface area contributed by atoms with Crippen LogP contribution in [0.3, 0.4) is 0 Å². The largest absolute Gasteiger partial charge is 0.333 e. The molecular weight excluding hydrogens is 449 g/mol. The molecule has 0 aliphatic carbocycles. The van der Waals surface area contributed by atoms with Gasteiger partial charge in [-0.05, 0) is 55.8 Å². The molecule has 0 spiro atoms. The molecule has 0 fully saturated rings. The van der Waals surface area contributed by atoms with Crippen LogP contribution in [0.15, 0.2) is 76.2 Å². The summed E-state index contributed by atoms with van der Waals surface area (Å²) in [6.07, 6.45) is 1.50. The van der Waals surface area contributed by atoms with Crippen molar-refractivity contribution < 1.29 is 13.7 Å². The zero-order valence-electron chi connectivity index (χ0n) is 18.9. The van der Waals surface area contributed by atoms with Crippen LogP contribution in [0.1, 0.15) is 11.3 Å². The molecule has 1 amide bonds. The van der Waals surface area contributed by atoms with Crippen LogP contribution in [-0.4, -0.2) is 25.6 Å². The number of nitrogens with one attached hydrogen (secondary N) is 1. The minimum absolute atomic E-state index is 0.0448. The average Bonchev–Trinajstić information content (AvgIpc) is 3.32. The fourth-order valence-electron chi connectivity index (χ4n) is 3.79. The van der Waals surface area contributed by atoms with E-state index in [1.165, 1.54) is 30.5 Å². The van der Waals surface area contributed by atoms with Gasteiger partial charge in [0.05, 0.1) is 5.39 Å². The first-order valence-electron chi connectivity index (χ1n) is 10.9. The summed E-state index contributed by atoms with van der Waals surface area (Å²) in [5.41, 5.74) is 3.08. The minimum atomic E-state index is -0.400. The first-order chi connectivity index (χ1) is 16.9. The van der Waals surface area contributed by atoms with Gasteiger partial charge in [0.15, 0.2) is 0 Å². The van der Waals surface area contributed by atoms with Crippen molar-refractivity contribution in [2.45, 2.75) is 20.4 Å². The standard InChI is InChI=1S/C26H20FN5O3/c1-15-5-3-4-6-19(15)24-30-26(35-31-24)21-13-32(25-20(23(21)34)12-7-16(2)28-25)14-22(33)29-18-10-8-17(27)9-11-18/h3-13H,14H2,1-2H3,(H,29,33). The molecule has 0 saturated carbocycles. The Bertz CT molecular complexity index is 1620. The predicted octanol–water partition coefficient (Wildman–Crippen LogP) is 4.51. The number of anilines is 1.